The number of amides is 1. The van der Waals surface area contributed by atoms with Crippen LogP contribution in [0.3, 0.4) is 0 Å². The van der Waals surface area contributed by atoms with Gasteiger partial charge in [-0.05, 0) is 62.1 Å². The average Bonchev–Trinajstić information content (AvgIpc) is 3.25. The van der Waals surface area contributed by atoms with E-state index in [0.717, 1.165) is 11.1 Å². The van der Waals surface area contributed by atoms with Crippen molar-refractivity contribution in [1.29, 1.82) is 0 Å². The molecule has 1 fully saturated rings. The smallest absolute Gasteiger partial charge is 0.241 e. The maximum absolute atomic E-state index is 13.6. The number of hydrogen-bond donors (Lipinski definition) is 1. The zero-order chi connectivity index (χ0) is 21.4. The molecule has 1 aliphatic carbocycles. The van der Waals surface area contributed by atoms with E-state index in [4.69, 9.17) is 9.47 Å². The average molecular weight is 430 g/mol. The van der Waals surface area contributed by atoms with Gasteiger partial charge in [-0.2, -0.15) is 0 Å². The second-order valence-electron chi connectivity index (χ2n) is 8.16. The molecule has 160 valence electrons. The van der Waals surface area contributed by atoms with Gasteiger partial charge in [-0.1, -0.05) is 31.0 Å². The number of nitrogens with one attached hydrogen (secondary N) is 1. The molecule has 6 nitrogen and oxygen atoms in total. The van der Waals surface area contributed by atoms with E-state index in [1.54, 1.807) is 18.2 Å². The molecular weight excluding hydrogens is 402 g/mol. The Balaban J connectivity index is 1.52. The Labute approximate surface area is 177 Å². The fraction of sp³-hybridized carbons (Fsp3) is 0.435. The summed E-state index contributed by atoms with van der Waals surface area (Å²) in [7, 11) is -3.82. The lowest BCUT2D eigenvalue weighted by Gasteiger charge is -2.30. The molecule has 1 heterocycles. The van der Waals surface area contributed by atoms with Crippen LogP contribution in [0.15, 0.2) is 47.4 Å². The van der Waals surface area contributed by atoms with E-state index in [-0.39, 0.29) is 17.5 Å². The quantitative estimate of drug-likeness (QED) is 0.788. The molecule has 30 heavy (non-hydrogen) atoms. The first-order valence-electron chi connectivity index (χ1n) is 10.3. The van der Waals surface area contributed by atoms with Crippen LogP contribution in [0, 0.1) is 13.8 Å². The maximum atomic E-state index is 13.6. The number of hydrogen-bond acceptors (Lipinski definition) is 5. The standard InChI is InChI=1S/C23H27NO5S/c1-16-9-10-19(13-17(16)2)30(26,27)23(11-5-6-12-23)22(25)24-14-18-15-28-20-7-3-4-8-21(20)29-18/h3-4,7-10,13,18H,5-6,11-12,14-15H2,1-2H3,(H,24,25). The molecule has 1 N–H and O–H groups in total. The second-order valence-corrected chi connectivity index (χ2v) is 10.4. The van der Waals surface area contributed by atoms with Gasteiger partial charge in [0.25, 0.3) is 0 Å². The Morgan fingerprint density at radius 3 is 2.47 bits per heavy atom. The molecule has 1 unspecified atom stereocenters. The molecular formula is C23H27NO5S. The summed E-state index contributed by atoms with van der Waals surface area (Å²) in [5.74, 6) is 0.853. The van der Waals surface area contributed by atoms with Crippen molar-refractivity contribution >= 4 is 15.7 Å². The zero-order valence-electron chi connectivity index (χ0n) is 17.3. The van der Waals surface area contributed by atoms with Gasteiger partial charge in [0.15, 0.2) is 26.1 Å². The van der Waals surface area contributed by atoms with Crippen LogP contribution in [-0.4, -0.2) is 38.3 Å². The molecule has 4 rings (SSSR count). The van der Waals surface area contributed by atoms with Crippen molar-refractivity contribution in [2.75, 3.05) is 13.2 Å². The molecule has 0 spiro atoms. The molecule has 2 aromatic carbocycles. The third-order valence-electron chi connectivity index (χ3n) is 6.19. The number of carbonyl (C=O) groups excluding carboxylic acids is 1. The number of carbonyl (C=O) groups is 1. The Kier molecular flexibility index (Phi) is 5.49. The van der Waals surface area contributed by atoms with Gasteiger partial charge in [-0.3, -0.25) is 4.79 Å². The van der Waals surface area contributed by atoms with E-state index < -0.39 is 20.5 Å². The minimum absolute atomic E-state index is 0.192. The number of para-hydroxylation sites is 2. The molecule has 2 aromatic rings. The van der Waals surface area contributed by atoms with E-state index in [9.17, 15) is 13.2 Å². The molecule has 0 saturated heterocycles. The van der Waals surface area contributed by atoms with E-state index in [0.29, 0.717) is 43.8 Å². The van der Waals surface area contributed by atoms with Crippen LogP contribution in [-0.2, 0) is 14.6 Å². The SMILES string of the molecule is Cc1ccc(S(=O)(=O)C2(C(=O)NCC3COc4ccccc4O3)CCCC2)cc1C. The van der Waals surface area contributed by atoms with Gasteiger partial charge < -0.3 is 14.8 Å². The van der Waals surface area contributed by atoms with Gasteiger partial charge in [0.1, 0.15) is 12.7 Å². The van der Waals surface area contributed by atoms with Crippen molar-refractivity contribution < 1.29 is 22.7 Å². The number of ether oxygens (including phenoxy) is 2. The molecule has 1 saturated carbocycles. The largest absolute Gasteiger partial charge is 0.486 e. The first-order chi connectivity index (χ1) is 14.3. The van der Waals surface area contributed by atoms with Gasteiger partial charge in [-0.15, -0.1) is 0 Å². The summed E-state index contributed by atoms with van der Waals surface area (Å²) in [6.07, 6.45) is 1.73. The van der Waals surface area contributed by atoms with Crippen LogP contribution in [0.1, 0.15) is 36.8 Å². The highest BCUT2D eigenvalue weighted by atomic mass is 32.2. The normalized spacial score (nSPS) is 20.0. The number of rotatable bonds is 5. The number of aryl methyl sites for hydroxylation is 2. The summed E-state index contributed by atoms with van der Waals surface area (Å²) in [6.45, 7) is 4.31. The summed E-state index contributed by atoms with van der Waals surface area (Å²) in [5, 5.41) is 2.84. The Bertz CT molecular complexity index is 1060. The summed E-state index contributed by atoms with van der Waals surface area (Å²) < 4.78 is 37.3. The molecule has 1 atom stereocenters. The van der Waals surface area contributed by atoms with Crippen LogP contribution < -0.4 is 14.8 Å². The van der Waals surface area contributed by atoms with Crippen LogP contribution in [0.25, 0.3) is 0 Å². The number of benzene rings is 2. The van der Waals surface area contributed by atoms with E-state index in [1.165, 1.54) is 0 Å². The van der Waals surface area contributed by atoms with Gasteiger partial charge in [0.05, 0.1) is 11.4 Å². The van der Waals surface area contributed by atoms with Crippen LogP contribution in [0.2, 0.25) is 0 Å². The lowest BCUT2D eigenvalue weighted by molar-refractivity contribution is -0.124. The molecule has 7 heteroatoms. The van der Waals surface area contributed by atoms with Crippen molar-refractivity contribution in [2.45, 2.75) is 55.3 Å². The lowest BCUT2D eigenvalue weighted by atomic mass is 10.1. The summed E-state index contributed by atoms with van der Waals surface area (Å²) in [5.41, 5.74) is 1.92. The molecule has 0 radical (unpaired) electrons. The van der Waals surface area contributed by atoms with Gasteiger partial charge in [0.2, 0.25) is 5.91 Å². The lowest BCUT2D eigenvalue weighted by Crippen LogP contribution is -2.53. The maximum Gasteiger partial charge on any atom is 0.241 e. The predicted molar refractivity (Wildman–Crippen MR) is 114 cm³/mol. The highest BCUT2D eigenvalue weighted by Crippen LogP contribution is 2.41. The molecule has 1 amide bonds. The topological polar surface area (TPSA) is 81.7 Å². The Hall–Kier alpha value is -2.54. The van der Waals surface area contributed by atoms with Crippen molar-refractivity contribution in [1.82, 2.24) is 5.32 Å². The Morgan fingerprint density at radius 1 is 1.07 bits per heavy atom. The second kappa shape index (κ2) is 7.95. The van der Waals surface area contributed by atoms with E-state index >= 15 is 0 Å². The van der Waals surface area contributed by atoms with Crippen LogP contribution in [0.5, 0.6) is 11.5 Å². The molecule has 2 aliphatic rings. The fourth-order valence-electron chi connectivity index (χ4n) is 4.20. The summed E-state index contributed by atoms with van der Waals surface area (Å²) in [4.78, 5) is 13.5. The van der Waals surface area contributed by atoms with Crippen LogP contribution >= 0.6 is 0 Å². The monoisotopic (exact) mass is 429 g/mol. The molecule has 0 aromatic heterocycles. The van der Waals surface area contributed by atoms with Gasteiger partial charge >= 0.3 is 0 Å². The van der Waals surface area contributed by atoms with Crippen molar-refractivity contribution in [2.24, 2.45) is 0 Å². The molecule has 1 aliphatic heterocycles. The highest BCUT2D eigenvalue weighted by Gasteiger charge is 2.53. The van der Waals surface area contributed by atoms with Gasteiger partial charge in [0, 0.05) is 0 Å². The van der Waals surface area contributed by atoms with Gasteiger partial charge in [-0.25, -0.2) is 8.42 Å². The highest BCUT2D eigenvalue weighted by molar-refractivity contribution is 7.93. The Morgan fingerprint density at radius 2 is 1.77 bits per heavy atom. The predicted octanol–water partition coefficient (Wildman–Crippen LogP) is 3.35. The first-order valence-corrected chi connectivity index (χ1v) is 11.8. The van der Waals surface area contributed by atoms with E-state index in [2.05, 4.69) is 5.32 Å². The van der Waals surface area contributed by atoms with E-state index in [1.807, 2.05) is 38.1 Å². The first kappa shape index (κ1) is 20.7. The van der Waals surface area contributed by atoms with Crippen LogP contribution in [0.4, 0.5) is 0 Å². The number of fused-ring (bicyclic) bond motifs is 1. The zero-order valence-corrected chi connectivity index (χ0v) is 18.1. The number of sulfone groups is 1. The third-order valence-corrected chi connectivity index (χ3v) is 8.68. The minimum atomic E-state index is -3.82. The summed E-state index contributed by atoms with van der Waals surface area (Å²) in [6, 6.07) is 12.4. The van der Waals surface area contributed by atoms with Crippen molar-refractivity contribution in [3.05, 3.63) is 53.6 Å². The van der Waals surface area contributed by atoms with Crippen molar-refractivity contribution in [3.63, 3.8) is 0 Å². The van der Waals surface area contributed by atoms with Crippen molar-refractivity contribution in [3.8, 4) is 11.5 Å². The summed E-state index contributed by atoms with van der Waals surface area (Å²) >= 11 is 0. The molecule has 0 bridgehead atoms. The fourth-order valence-corrected chi connectivity index (χ4v) is 6.37. The third kappa shape index (κ3) is 3.55. The minimum Gasteiger partial charge on any atom is -0.486 e.